The summed E-state index contributed by atoms with van der Waals surface area (Å²) in [4.78, 5) is 12.6. The van der Waals surface area contributed by atoms with Crippen molar-refractivity contribution in [3.8, 4) is 11.5 Å². The van der Waals surface area contributed by atoms with Crippen LogP contribution >= 0.6 is 15.9 Å². The molecule has 3 aromatic rings. The minimum atomic E-state index is -0.220. The van der Waals surface area contributed by atoms with E-state index in [9.17, 15) is 4.79 Å². The largest absolute Gasteiger partial charge is 0.493 e. The highest BCUT2D eigenvalue weighted by atomic mass is 79.9. The van der Waals surface area contributed by atoms with E-state index in [0.717, 1.165) is 16.6 Å². The molecule has 0 fully saturated rings. The predicted molar refractivity (Wildman–Crippen MR) is 115 cm³/mol. The summed E-state index contributed by atoms with van der Waals surface area (Å²) >= 11 is 3.40. The lowest BCUT2D eigenvalue weighted by atomic mass is 10.1. The van der Waals surface area contributed by atoms with E-state index < -0.39 is 0 Å². The van der Waals surface area contributed by atoms with Crippen molar-refractivity contribution in [1.29, 1.82) is 0 Å². The Morgan fingerprint density at radius 1 is 0.964 bits per heavy atom. The van der Waals surface area contributed by atoms with Gasteiger partial charge in [0.05, 0.1) is 18.8 Å². The van der Waals surface area contributed by atoms with Crippen LogP contribution in [-0.4, -0.2) is 19.1 Å². The van der Waals surface area contributed by atoms with E-state index in [4.69, 9.17) is 9.47 Å². The van der Waals surface area contributed by atoms with Crippen LogP contribution in [-0.2, 0) is 6.42 Å². The van der Waals surface area contributed by atoms with Gasteiger partial charge in [0.1, 0.15) is 11.5 Å². The first-order valence-electron chi connectivity index (χ1n) is 9.16. The van der Waals surface area contributed by atoms with E-state index in [0.29, 0.717) is 30.2 Å². The van der Waals surface area contributed by atoms with Gasteiger partial charge in [-0.05, 0) is 55.0 Å². The number of carbonyl (C=O) groups is 1. The van der Waals surface area contributed by atoms with Crippen molar-refractivity contribution in [2.75, 3.05) is 18.5 Å². The van der Waals surface area contributed by atoms with Gasteiger partial charge < -0.3 is 14.8 Å². The maximum Gasteiger partial charge on any atom is 0.259 e. The highest BCUT2D eigenvalue weighted by molar-refractivity contribution is 9.10. The number of benzene rings is 3. The van der Waals surface area contributed by atoms with Gasteiger partial charge in [-0.25, -0.2) is 0 Å². The molecule has 5 heteroatoms. The van der Waals surface area contributed by atoms with Crippen LogP contribution in [0.3, 0.4) is 0 Å². The molecule has 28 heavy (non-hydrogen) atoms. The Morgan fingerprint density at radius 2 is 1.71 bits per heavy atom. The Kier molecular flexibility index (Phi) is 7.09. The molecule has 0 saturated heterocycles. The number of rotatable bonds is 8. The summed E-state index contributed by atoms with van der Waals surface area (Å²) in [6.45, 7) is 2.99. The van der Waals surface area contributed by atoms with Gasteiger partial charge in [0, 0.05) is 16.6 Å². The molecule has 0 aromatic heterocycles. The number of anilines is 1. The second-order valence-corrected chi connectivity index (χ2v) is 7.05. The molecule has 0 bridgehead atoms. The predicted octanol–water partition coefficient (Wildman–Crippen LogP) is 5.72. The molecule has 0 heterocycles. The fraction of sp³-hybridized carbons (Fsp3) is 0.174. The highest BCUT2D eigenvalue weighted by Crippen LogP contribution is 2.25. The van der Waals surface area contributed by atoms with E-state index in [1.54, 1.807) is 12.1 Å². The molecule has 4 nitrogen and oxygen atoms in total. The summed E-state index contributed by atoms with van der Waals surface area (Å²) in [5.74, 6) is 1.11. The first-order valence-corrected chi connectivity index (χ1v) is 9.95. The third-order valence-electron chi connectivity index (χ3n) is 4.10. The number of halogens is 1. The lowest BCUT2D eigenvalue weighted by Gasteiger charge is -2.12. The van der Waals surface area contributed by atoms with Crippen LogP contribution in [0.2, 0.25) is 0 Å². The molecule has 0 atom stereocenters. The number of hydrogen-bond acceptors (Lipinski definition) is 3. The summed E-state index contributed by atoms with van der Waals surface area (Å²) in [7, 11) is 0. The van der Waals surface area contributed by atoms with Crippen molar-refractivity contribution in [3.05, 3.63) is 88.4 Å². The van der Waals surface area contributed by atoms with Gasteiger partial charge in [-0.3, -0.25) is 4.79 Å². The van der Waals surface area contributed by atoms with Gasteiger partial charge in [-0.1, -0.05) is 46.3 Å². The third-order valence-corrected chi connectivity index (χ3v) is 4.59. The van der Waals surface area contributed by atoms with Crippen LogP contribution < -0.4 is 14.8 Å². The van der Waals surface area contributed by atoms with Crippen LogP contribution in [0, 0.1) is 0 Å². The number of ether oxygens (including phenoxy) is 2. The van der Waals surface area contributed by atoms with Gasteiger partial charge in [0.15, 0.2) is 0 Å². The normalized spacial score (nSPS) is 10.4. The molecule has 1 amide bonds. The molecule has 144 valence electrons. The molecular weight excluding hydrogens is 418 g/mol. The number of carbonyl (C=O) groups excluding carboxylic acids is 1. The highest BCUT2D eigenvalue weighted by Gasteiger charge is 2.13. The van der Waals surface area contributed by atoms with Crippen molar-refractivity contribution >= 4 is 27.5 Å². The van der Waals surface area contributed by atoms with Crippen molar-refractivity contribution in [1.82, 2.24) is 0 Å². The Balaban J connectivity index is 1.58. The Hall–Kier alpha value is -2.79. The lowest BCUT2D eigenvalue weighted by Crippen LogP contribution is -2.13. The smallest absolute Gasteiger partial charge is 0.259 e. The second-order valence-electron chi connectivity index (χ2n) is 6.14. The minimum absolute atomic E-state index is 0.220. The average molecular weight is 440 g/mol. The van der Waals surface area contributed by atoms with Gasteiger partial charge >= 0.3 is 0 Å². The molecule has 3 aromatic carbocycles. The van der Waals surface area contributed by atoms with E-state index in [2.05, 4.69) is 33.4 Å². The monoisotopic (exact) mass is 439 g/mol. The summed E-state index contributed by atoms with van der Waals surface area (Å²) < 4.78 is 12.2. The summed E-state index contributed by atoms with van der Waals surface area (Å²) in [5, 5.41) is 2.90. The Labute approximate surface area is 173 Å². The SMILES string of the molecule is CCOc1ccc(Br)cc1C(=O)Nc1ccc(OCCc2ccccc2)cc1. The van der Waals surface area contributed by atoms with Crippen molar-refractivity contribution in [2.45, 2.75) is 13.3 Å². The molecule has 1 N–H and O–H groups in total. The van der Waals surface area contributed by atoms with Gasteiger partial charge in [-0.2, -0.15) is 0 Å². The van der Waals surface area contributed by atoms with Crippen molar-refractivity contribution < 1.29 is 14.3 Å². The standard InChI is InChI=1S/C23H22BrNO3/c1-2-27-22-13-8-18(24)16-21(22)23(26)25-19-9-11-20(12-10-19)28-15-14-17-6-4-3-5-7-17/h3-13,16H,2,14-15H2,1H3,(H,25,26). The first-order chi connectivity index (χ1) is 13.7. The molecule has 0 spiro atoms. The first kappa shape index (κ1) is 20.0. The number of hydrogen-bond donors (Lipinski definition) is 1. The van der Waals surface area contributed by atoms with Gasteiger partial charge in [0.25, 0.3) is 5.91 Å². The zero-order valence-corrected chi connectivity index (χ0v) is 17.2. The van der Waals surface area contributed by atoms with Crippen LogP contribution in [0.15, 0.2) is 77.3 Å². The van der Waals surface area contributed by atoms with E-state index in [-0.39, 0.29) is 5.91 Å². The zero-order chi connectivity index (χ0) is 19.8. The fourth-order valence-corrected chi connectivity index (χ4v) is 3.09. The van der Waals surface area contributed by atoms with Crippen LogP contribution in [0.5, 0.6) is 11.5 Å². The topological polar surface area (TPSA) is 47.6 Å². The van der Waals surface area contributed by atoms with E-state index in [1.165, 1.54) is 5.56 Å². The molecule has 0 aliphatic rings. The molecule has 0 radical (unpaired) electrons. The summed E-state index contributed by atoms with van der Waals surface area (Å²) in [6.07, 6.45) is 0.850. The van der Waals surface area contributed by atoms with Crippen molar-refractivity contribution in [3.63, 3.8) is 0 Å². The van der Waals surface area contributed by atoms with Crippen molar-refractivity contribution in [2.24, 2.45) is 0 Å². The summed E-state index contributed by atoms with van der Waals surface area (Å²) in [6, 6.07) is 23.0. The van der Waals surface area contributed by atoms with Gasteiger partial charge in [0.2, 0.25) is 0 Å². The Morgan fingerprint density at radius 3 is 2.43 bits per heavy atom. The molecule has 0 saturated carbocycles. The van der Waals surface area contributed by atoms with Gasteiger partial charge in [-0.15, -0.1) is 0 Å². The minimum Gasteiger partial charge on any atom is -0.493 e. The molecule has 0 unspecified atom stereocenters. The van der Waals surface area contributed by atoms with E-state index in [1.807, 2.05) is 55.5 Å². The average Bonchev–Trinajstić information content (AvgIpc) is 2.71. The lowest BCUT2D eigenvalue weighted by molar-refractivity contribution is 0.102. The zero-order valence-electron chi connectivity index (χ0n) is 15.7. The van der Waals surface area contributed by atoms with Crippen LogP contribution in [0.1, 0.15) is 22.8 Å². The number of nitrogens with one attached hydrogen (secondary N) is 1. The summed E-state index contributed by atoms with van der Waals surface area (Å²) in [5.41, 5.74) is 2.42. The third kappa shape index (κ3) is 5.60. The Bertz CT molecular complexity index is 911. The second kappa shape index (κ2) is 9.95. The van der Waals surface area contributed by atoms with Crippen LogP contribution in [0.4, 0.5) is 5.69 Å². The maximum absolute atomic E-state index is 12.6. The maximum atomic E-state index is 12.6. The fourth-order valence-electron chi connectivity index (χ4n) is 2.73. The molecular formula is C23H22BrNO3. The van der Waals surface area contributed by atoms with Crippen LogP contribution in [0.25, 0.3) is 0 Å². The van der Waals surface area contributed by atoms with E-state index >= 15 is 0 Å². The number of amides is 1. The quantitative estimate of drug-likeness (QED) is 0.487. The molecule has 0 aliphatic carbocycles. The molecule has 0 aliphatic heterocycles. The molecule has 3 rings (SSSR count).